The first-order valence-corrected chi connectivity index (χ1v) is 6.03. The molecular weight excluding hydrogens is 248 g/mol. The molecule has 0 fully saturated rings. The van der Waals surface area contributed by atoms with E-state index in [2.05, 4.69) is 9.97 Å². The van der Waals surface area contributed by atoms with Crippen LogP contribution in [-0.4, -0.2) is 21.0 Å². The molecule has 2 aromatic rings. The number of fused-ring (bicyclic) bond motifs is 3. The van der Waals surface area contributed by atoms with Gasteiger partial charge in [-0.05, 0) is 36.0 Å². The van der Waals surface area contributed by atoms with Crippen LogP contribution < -0.4 is 11.1 Å². The lowest BCUT2D eigenvalue weighted by atomic mass is 10.0. The minimum absolute atomic E-state index is 0.0496. The molecular formula is C13H12N2O4. The average molecular weight is 260 g/mol. The fraction of sp³-hybridized carbons (Fsp3) is 0.308. The molecule has 6 nitrogen and oxygen atoms in total. The lowest BCUT2D eigenvalue weighted by Gasteiger charge is -2.04. The van der Waals surface area contributed by atoms with Gasteiger partial charge in [0.2, 0.25) is 0 Å². The molecule has 0 spiro atoms. The molecule has 1 heterocycles. The van der Waals surface area contributed by atoms with Gasteiger partial charge >= 0.3 is 17.1 Å². The first-order chi connectivity index (χ1) is 9.04. The molecule has 1 unspecified atom stereocenters. The first kappa shape index (κ1) is 11.7. The standard InChI is InChI=1S/C13H12N2O4/c16-10(17)5-6-3-7-1-2-9-11(8(7)4-6)15-13(19)12(18)14-9/h1-2,6H,3-5H2,(H,14,18)(H,15,19)(H,16,17). The molecule has 1 aromatic heterocycles. The molecule has 0 amide bonds. The fourth-order valence-corrected chi connectivity index (χ4v) is 2.77. The molecule has 6 heteroatoms. The Morgan fingerprint density at radius 2 is 1.95 bits per heavy atom. The molecule has 0 radical (unpaired) electrons. The van der Waals surface area contributed by atoms with Crippen molar-refractivity contribution in [3.05, 3.63) is 44.0 Å². The number of hydrogen-bond acceptors (Lipinski definition) is 3. The number of aromatic amines is 2. The summed E-state index contributed by atoms with van der Waals surface area (Å²) in [5.74, 6) is -0.766. The predicted molar refractivity (Wildman–Crippen MR) is 68.3 cm³/mol. The highest BCUT2D eigenvalue weighted by Crippen LogP contribution is 2.32. The van der Waals surface area contributed by atoms with Crippen LogP contribution in [0, 0.1) is 5.92 Å². The number of H-pyrrole nitrogens is 2. The Kier molecular flexibility index (Phi) is 2.51. The number of rotatable bonds is 2. The molecule has 1 atom stereocenters. The first-order valence-electron chi connectivity index (χ1n) is 6.03. The molecule has 19 heavy (non-hydrogen) atoms. The largest absolute Gasteiger partial charge is 0.481 e. The van der Waals surface area contributed by atoms with E-state index < -0.39 is 17.1 Å². The van der Waals surface area contributed by atoms with Crippen LogP contribution in [0.5, 0.6) is 0 Å². The van der Waals surface area contributed by atoms with Gasteiger partial charge < -0.3 is 15.1 Å². The molecule has 3 rings (SSSR count). The number of carboxylic acids is 1. The number of benzene rings is 1. The molecule has 1 aromatic carbocycles. The second-order valence-corrected chi connectivity index (χ2v) is 4.91. The molecule has 98 valence electrons. The Balaban J connectivity index is 2.12. The highest BCUT2D eigenvalue weighted by atomic mass is 16.4. The zero-order chi connectivity index (χ0) is 13.6. The molecule has 1 aliphatic rings. The van der Waals surface area contributed by atoms with Gasteiger partial charge in [0, 0.05) is 6.42 Å². The van der Waals surface area contributed by atoms with E-state index in [1.807, 2.05) is 6.07 Å². The quantitative estimate of drug-likeness (QED) is 0.680. The van der Waals surface area contributed by atoms with E-state index in [0.717, 1.165) is 11.1 Å². The van der Waals surface area contributed by atoms with Crippen LogP contribution in [0.15, 0.2) is 21.7 Å². The normalized spacial score (nSPS) is 17.6. The number of carboxylic acid groups (broad SMARTS) is 1. The van der Waals surface area contributed by atoms with Crippen LogP contribution in [0.1, 0.15) is 17.5 Å². The highest BCUT2D eigenvalue weighted by Gasteiger charge is 2.25. The summed E-state index contributed by atoms with van der Waals surface area (Å²) in [4.78, 5) is 38.5. The maximum Gasteiger partial charge on any atom is 0.314 e. The lowest BCUT2D eigenvalue weighted by Crippen LogP contribution is -2.29. The Bertz CT molecular complexity index is 787. The zero-order valence-corrected chi connectivity index (χ0v) is 10.0. The van der Waals surface area contributed by atoms with Crippen molar-refractivity contribution in [2.45, 2.75) is 19.3 Å². The van der Waals surface area contributed by atoms with Gasteiger partial charge in [-0.2, -0.15) is 0 Å². The third-order valence-corrected chi connectivity index (χ3v) is 3.57. The third kappa shape index (κ3) is 1.95. The smallest absolute Gasteiger partial charge is 0.314 e. The van der Waals surface area contributed by atoms with Crippen molar-refractivity contribution in [3.8, 4) is 0 Å². The molecule has 0 aliphatic heterocycles. The number of aliphatic carboxylic acids is 1. The predicted octanol–water partition coefficient (Wildman–Crippen LogP) is 0.406. The SMILES string of the molecule is O=C(O)CC1Cc2ccc3[nH]c(=O)c(=O)[nH]c3c2C1. The van der Waals surface area contributed by atoms with E-state index in [0.29, 0.717) is 23.9 Å². The van der Waals surface area contributed by atoms with Gasteiger partial charge in [0.05, 0.1) is 11.0 Å². The van der Waals surface area contributed by atoms with E-state index in [-0.39, 0.29) is 12.3 Å². The Morgan fingerprint density at radius 1 is 1.21 bits per heavy atom. The van der Waals surface area contributed by atoms with Gasteiger partial charge in [0.25, 0.3) is 0 Å². The second kappa shape index (κ2) is 4.08. The van der Waals surface area contributed by atoms with Gasteiger partial charge in [-0.25, -0.2) is 0 Å². The fourth-order valence-electron chi connectivity index (χ4n) is 2.77. The Hall–Kier alpha value is -2.37. The zero-order valence-electron chi connectivity index (χ0n) is 10.0. The Morgan fingerprint density at radius 3 is 2.68 bits per heavy atom. The topological polar surface area (TPSA) is 103 Å². The van der Waals surface area contributed by atoms with Gasteiger partial charge in [-0.3, -0.25) is 14.4 Å². The van der Waals surface area contributed by atoms with E-state index in [4.69, 9.17) is 5.11 Å². The van der Waals surface area contributed by atoms with Crippen LogP contribution in [0.3, 0.4) is 0 Å². The molecule has 0 saturated heterocycles. The van der Waals surface area contributed by atoms with E-state index in [1.165, 1.54) is 0 Å². The summed E-state index contributed by atoms with van der Waals surface area (Å²) in [7, 11) is 0. The van der Waals surface area contributed by atoms with Gasteiger partial charge in [0.15, 0.2) is 0 Å². The summed E-state index contributed by atoms with van der Waals surface area (Å²) in [6.07, 6.45) is 1.42. The molecule has 0 bridgehead atoms. The van der Waals surface area contributed by atoms with E-state index in [9.17, 15) is 14.4 Å². The van der Waals surface area contributed by atoms with Gasteiger partial charge in [0.1, 0.15) is 0 Å². The number of carbonyl (C=O) groups is 1. The van der Waals surface area contributed by atoms with Crippen molar-refractivity contribution < 1.29 is 9.90 Å². The van der Waals surface area contributed by atoms with Crippen molar-refractivity contribution in [1.82, 2.24) is 9.97 Å². The second-order valence-electron chi connectivity index (χ2n) is 4.91. The van der Waals surface area contributed by atoms with Crippen molar-refractivity contribution in [1.29, 1.82) is 0 Å². The maximum atomic E-state index is 11.4. The number of hydrogen-bond donors (Lipinski definition) is 3. The maximum absolute atomic E-state index is 11.4. The molecule has 3 N–H and O–H groups in total. The van der Waals surface area contributed by atoms with Crippen molar-refractivity contribution in [3.63, 3.8) is 0 Å². The average Bonchev–Trinajstić information content (AvgIpc) is 2.72. The summed E-state index contributed by atoms with van der Waals surface area (Å²) in [5, 5.41) is 8.84. The molecule has 1 aliphatic carbocycles. The van der Waals surface area contributed by atoms with Crippen molar-refractivity contribution in [2.24, 2.45) is 5.92 Å². The van der Waals surface area contributed by atoms with Crippen LogP contribution in [-0.2, 0) is 17.6 Å². The lowest BCUT2D eigenvalue weighted by molar-refractivity contribution is -0.138. The highest BCUT2D eigenvalue weighted by molar-refractivity contribution is 5.80. The monoisotopic (exact) mass is 260 g/mol. The van der Waals surface area contributed by atoms with E-state index in [1.54, 1.807) is 6.07 Å². The molecule has 0 saturated carbocycles. The number of nitrogens with one attached hydrogen (secondary N) is 2. The van der Waals surface area contributed by atoms with E-state index >= 15 is 0 Å². The third-order valence-electron chi connectivity index (χ3n) is 3.57. The van der Waals surface area contributed by atoms with Crippen molar-refractivity contribution in [2.75, 3.05) is 0 Å². The summed E-state index contributed by atoms with van der Waals surface area (Å²) < 4.78 is 0. The van der Waals surface area contributed by atoms with Crippen LogP contribution in [0.2, 0.25) is 0 Å². The summed E-state index contributed by atoms with van der Waals surface area (Å²) in [6.45, 7) is 0. The van der Waals surface area contributed by atoms with Crippen molar-refractivity contribution >= 4 is 17.0 Å². The number of aromatic nitrogens is 2. The van der Waals surface area contributed by atoms with Gasteiger partial charge in [-0.15, -0.1) is 0 Å². The van der Waals surface area contributed by atoms with Gasteiger partial charge in [-0.1, -0.05) is 6.07 Å². The minimum atomic E-state index is -0.816. The van der Waals surface area contributed by atoms with Crippen LogP contribution in [0.4, 0.5) is 0 Å². The summed E-state index contributed by atoms with van der Waals surface area (Å²) >= 11 is 0. The summed E-state index contributed by atoms with van der Waals surface area (Å²) in [6, 6.07) is 3.63. The Labute approximate surface area is 107 Å². The van der Waals surface area contributed by atoms with Crippen LogP contribution >= 0.6 is 0 Å². The minimum Gasteiger partial charge on any atom is -0.481 e. The summed E-state index contributed by atoms with van der Waals surface area (Å²) in [5.41, 5.74) is 1.84. The van der Waals surface area contributed by atoms with Crippen LogP contribution in [0.25, 0.3) is 11.0 Å².